The topological polar surface area (TPSA) is 20.3 Å². The van der Waals surface area contributed by atoms with E-state index in [2.05, 4.69) is 20.8 Å². The van der Waals surface area contributed by atoms with Gasteiger partial charge in [0.15, 0.2) is 0 Å². The number of carbonyl (C=O) groups excluding carboxylic acids is 1. The lowest BCUT2D eigenvalue weighted by Crippen LogP contribution is -2.42. The Hall–Kier alpha value is -0.0500. The van der Waals surface area contributed by atoms with Gasteiger partial charge < -0.3 is 4.90 Å². The Morgan fingerprint density at radius 2 is 1.79 bits per heavy atom. The van der Waals surface area contributed by atoms with Crippen molar-refractivity contribution in [1.29, 1.82) is 0 Å². The summed E-state index contributed by atoms with van der Waals surface area (Å²) in [4.78, 5) is 15.2. The Kier molecular flexibility index (Phi) is 3.17. The Labute approximate surface area is 124 Å². The third-order valence-corrected chi connectivity index (χ3v) is 7.11. The number of hydrogen-bond donors (Lipinski definition) is 0. The van der Waals surface area contributed by atoms with Crippen LogP contribution in [-0.4, -0.2) is 28.7 Å². The van der Waals surface area contributed by atoms with Crippen LogP contribution in [0.2, 0.25) is 0 Å². The fourth-order valence-electron chi connectivity index (χ4n) is 5.47. The predicted molar refractivity (Wildman–Crippen MR) is 79.1 cm³/mol. The quantitative estimate of drug-likeness (QED) is 0.712. The van der Waals surface area contributed by atoms with Gasteiger partial charge in [-0.3, -0.25) is 4.79 Å². The van der Waals surface area contributed by atoms with Gasteiger partial charge in [0.05, 0.1) is 0 Å². The van der Waals surface area contributed by atoms with Crippen LogP contribution in [0.5, 0.6) is 0 Å². The molecule has 1 saturated heterocycles. The van der Waals surface area contributed by atoms with Gasteiger partial charge in [0.2, 0.25) is 5.91 Å². The fourth-order valence-corrected chi connectivity index (χ4v) is 6.15. The summed E-state index contributed by atoms with van der Waals surface area (Å²) in [5.41, 5.74) is 0. The van der Waals surface area contributed by atoms with E-state index in [1.54, 1.807) is 0 Å². The molecule has 1 amide bonds. The molecule has 5 atom stereocenters. The van der Waals surface area contributed by atoms with Gasteiger partial charge in [0.25, 0.3) is 0 Å². The van der Waals surface area contributed by atoms with Crippen molar-refractivity contribution in [3.63, 3.8) is 0 Å². The SMILES string of the molecule is O=C(C1C2C3CCC(C3)C12)N1CCCCCC1CBr. The Balaban J connectivity index is 1.48. The molecule has 3 heteroatoms. The van der Waals surface area contributed by atoms with Crippen molar-refractivity contribution >= 4 is 21.8 Å². The number of rotatable bonds is 2. The number of nitrogens with zero attached hydrogens (tertiary/aromatic N) is 1. The average Bonchev–Trinajstić information content (AvgIpc) is 2.99. The number of fused-ring (bicyclic) bond motifs is 5. The maximum absolute atomic E-state index is 12.9. The number of alkyl halides is 1. The van der Waals surface area contributed by atoms with Crippen LogP contribution in [0.15, 0.2) is 0 Å². The predicted octanol–water partition coefficient (Wildman–Crippen LogP) is 3.44. The van der Waals surface area contributed by atoms with Crippen LogP contribution in [0.1, 0.15) is 44.9 Å². The zero-order valence-corrected chi connectivity index (χ0v) is 13.1. The van der Waals surface area contributed by atoms with Crippen LogP contribution in [0.25, 0.3) is 0 Å². The second kappa shape index (κ2) is 4.75. The monoisotopic (exact) mass is 325 g/mol. The highest BCUT2D eigenvalue weighted by Crippen LogP contribution is 2.69. The third-order valence-electron chi connectivity index (χ3n) is 6.36. The smallest absolute Gasteiger partial charge is 0.226 e. The van der Waals surface area contributed by atoms with Gasteiger partial charge in [-0.1, -0.05) is 28.8 Å². The highest BCUT2D eigenvalue weighted by Gasteiger charge is 2.68. The molecule has 0 aromatic carbocycles. The molecule has 4 aliphatic rings. The average molecular weight is 326 g/mol. The second-order valence-corrected chi connectivity index (χ2v) is 7.85. The molecule has 2 nitrogen and oxygen atoms in total. The van der Waals surface area contributed by atoms with E-state index in [4.69, 9.17) is 0 Å². The maximum atomic E-state index is 12.9. The number of carbonyl (C=O) groups is 1. The van der Waals surface area contributed by atoms with Gasteiger partial charge >= 0.3 is 0 Å². The van der Waals surface area contributed by atoms with Crippen molar-refractivity contribution in [2.45, 2.75) is 51.0 Å². The summed E-state index contributed by atoms with van der Waals surface area (Å²) >= 11 is 3.63. The van der Waals surface area contributed by atoms with Crippen LogP contribution in [0.3, 0.4) is 0 Å². The van der Waals surface area contributed by atoms with Gasteiger partial charge in [0.1, 0.15) is 0 Å². The van der Waals surface area contributed by atoms with E-state index in [1.807, 2.05) is 0 Å². The molecule has 1 aliphatic heterocycles. The summed E-state index contributed by atoms with van der Waals surface area (Å²) in [5.74, 6) is 4.39. The van der Waals surface area contributed by atoms with Gasteiger partial charge in [-0.2, -0.15) is 0 Å². The molecular weight excluding hydrogens is 302 g/mol. The van der Waals surface area contributed by atoms with Crippen molar-refractivity contribution < 1.29 is 4.79 Å². The van der Waals surface area contributed by atoms with Crippen LogP contribution in [0, 0.1) is 29.6 Å². The fraction of sp³-hybridized carbons (Fsp3) is 0.938. The highest BCUT2D eigenvalue weighted by atomic mass is 79.9. The molecule has 0 aromatic rings. The van der Waals surface area contributed by atoms with E-state index in [0.29, 0.717) is 17.9 Å². The minimum Gasteiger partial charge on any atom is -0.339 e. The molecule has 0 radical (unpaired) electrons. The maximum Gasteiger partial charge on any atom is 0.226 e. The van der Waals surface area contributed by atoms with Gasteiger partial charge in [-0.15, -0.1) is 0 Å². The van der Waals surface area contributed by atoms with Gasteiger partial charge in [-0.05, 0) is 55.8 Å². The first-order chi connectivity index (χ1) is 9.31. The van der Waals surface area contributed by atoms with Gasteiger partial charge in [0, 0.05) is 23.8 Å². The molecular formula is C16H24BrNO. The molecule has 0 aromatic heterocycles. The lowest BCUT2D eigenvalue weighted by Gasteiger charge is -2.30. The summed E-state index contributed by atoms with van der Waals surface area (Å²) in [7, 11) is 0. The minimum absolute atomic E-state index is 0.436. The molecule has 19 heavy (non-hydrogen) atoms. The largest absolute Gasteiger partial charge is 0.339 e. The second-order valence-electron chi connectivity index (χ2n) is 7.20. The molecule has 4 fully saturated rings. The van der Waals surface area contributed by atoms with E-state index in [-0.39, 0.29) is 0 Å². The molecule has 0 spiro atoms. The highest BCUT2D eigenvalue weighted by molar-refractivity contribution is 9.09. The van der Waals surface area contributed by atoms with E-state index in [1.165, 1.54) is 44.9 Å². The summed E-state index contributed by atoms with van der Waals surface area (Å²) < 4.78 is 0. The number of halogens is 1. The molecule has 1 heterocycles. The molecule has 106 valence electrons. The first-order valence-electron chi connectivity index (χ1n) is 8.17. The Morgan fingerprint density at radius 3 is 2.47 bits per heavy atom. The van der Waals surface area contributed by atoms with Crippen LogP contribution >= 0.6 is 15.9 Å². The lowest BCUT2D eigenvalue weighted by molar-refractivity contribution is -0.135. The number of amides is 1. The third kappa shape index (κ3) is 1.91. The van der Waals surface area contributed by atoms with E-state index < -0.39 is 0 Å². The normalized spacial score (nSPS) is 47.9. The first-order valence-corrected chi connectivity index (χ1v) is 9.30. The molecule has 5 unspecified atom stereocenters. The van der Waals surface area contributed by atoms with Crippen molar-refractivity contribution in [3.05, 3.63) is 0 Å². The first kappa shape index (κ1) is 12.7. The van der Waals surface area contributed by atoms with Crippen LogP contribution < -0.4 is 0 Å². The van der Waals surface area contributed by atoms with E-state index >= 15 is 0 Å². The molecule has 3 saturated carbocycles. The van der Waals surface area contributed by atoms with Crippen molar-refractivity contribution in [3.8, 4) is 0 Å². The summed E-state index contributed by atoms with van der Waals surface area (Å²) in [5, 5.41) is 0.966. The Morgan fingerprint density at radius 1 is 1.05 bits per heavy atom. The van der Waals surface area contributed by atoms with Crippen molar-refractivity contribution in [2.24, 2.45) is 29.6 Å². The van der Waals surface area contributed by atoms with Crippen molar-refractivity contribution in [1.82, 2.24) is 4.90 Å². The molecule has 2 bridgehead atoms. The molecule has 4 rings (SSSR count). The van der Waals surface area contributed by atoms with Crippen molar-refractivity contribution in [2.75, 3.05) is 11.9 Å². The Bertz CT molecular complexity index is 369. The lowest BCUT2D eigenvalue weighted by atomic mass is 10.0. The van der Waals surface area contributed by atoms with Gasteiger partial charge in [-0.25, -0.2) is 0 Å². The zero-order chi connectivity index (χ0) is 13.0. The van der Waals surface area contributed by atoms with Crippen LogP contribution in [0.4, 0.5) is 0 Å². The zero-order valence-electron chi connectivity index (χ0n) is 11.6. The van der Waals surface area contributed by atoms with E-state index in [0.717, 1.165) is 35.5 Å². The summed E-state index contributed by atoms with van der Waals surface area (Å²) in [6.07, 6.45) is 9.28. The number of likely N-dealkylation sites (tertiary alicyclic amines) is 1. The molecule has 3 aliphatic carbocycles. The van der Waals surface area contributed by atoms with Crippen LogP contribution in [-0.2, 0) is 4.79 Å². The standard InChI is InChI=1S/C16H24BrNO/c17-9-12-4-2-1-3-7-18(12)16(19)15-13-10-5-6-11(8-10)14(13)15/h10-15H,1-9H2. The number of hydrogen-bond acceptors (Lipinski definition) is 1. The summed E-state index contributed by atoms with van der Waals surface area (Å²) in [6, 6.07) is 0.467. The van der Waals surface area contributed by atoms with E-state index in [9.17, 15) is 4.79 Å². The minimum atomic E-state index is 0.436. The molecule has 0 N–H and O–H groups in total. The summed E-state index contributed by atoms with van der Waals surface area (Å²) in [6.45, 7) is 1.01.